The largest absolute Gasteiger partial charge is 0.398 e. The van der Waals surface area contributed by atoms with Crippen LogP contribution in [0.1, 0.15) is 19.3 Å². The summed E-state index contributed by atoms with van der Waals surface area (Å²) in [6.45, 7) is -0.0408. The van der Waals surface area contributed by atoms with Crippen LogP contribution in [0.25, 0.3) is 0 Å². The maximum absolute atomic E-state index is 12.6. The Hall–Kier alpha value is -0.630. The van der Waals surface area contributed by atoms with Crippen molar-refractivity contribution in [2.24, 2.45) is 0 Å². The van der Waals surface area contributed by atoms with Crippen LogP contribution in [0.5, 0.6) is 0 Å². The SMILES string of the molecule is Nc1ccc(S(=O)(=O)N(CCO)C2CCC2)cc1Br. The van der Waals surface area contributed by atoms with Crippen LogP contribution >= 0.6 is 15.9 Å². The van der Waals surface area contributed by atoms with Gasteiger partial charge in [0.05, 0.1) is 11.5 Å². The van der Waals surface area contributed by atoms with E-state index in [-0.39, 0.29) is 24.1 Å². The number of nitrogens with zero attached hydrogens (tertiary/aromatic N) is 1. The first kappa shape index (κ1) is 14.8. The van der Waals surface area contributed by atoms with Crippen LogP contribution in [0.2, 0.25) is 0 Å². The van der Waals surface area contributed by atoms with Crippen molar-refractivity contribution < 1.29 is 13.5 Å². The second kappa shape index (κ2) is 5.78. The molecule has 5 nitrogen and oxygen atoms in total. The molecule has 1 aliphatic rings. The van der Waals surface area contributed by atoms with E-state index in [0.29, 0.717) is 10.2 Å². The molecule has 1 aromatic carbocycles. The average molecular weight is 349 g/mol. The topological polar surface area (TPSA) is 83.6 Å². The van der Waals surface area contributed by atoms with Gasteiger partial charge in [-0.1, -0.05) is 6.42 Å². The van der Waals surface area contributed by atoms with Crippen molar-refractivity contribution in [1.82, 2.24) is 4.31 Å². The second-order valence-corrected chi connectivity index (χ2v) is 7.35. The Balaban J connectivity index is 2.35. The minimum Gasteiger partial charge on any atom is -0.398 e. The fraction of sp³-hybridized carbons (Fsp3) is 0.500. The summed E-state index contributed by atoms with van der Waals surface area (Å²) in [6.07, 6.45) is 2.75. The zero-order valence-electron chi connectivity index (χ0n) is 10.4. The highest BCUT2D eigenvalue weighted by Crippen LogP contribution is 2.31. The van der Waals surface area contributed by atoms with Crippen molar-refractivity contribution in [2.75, 3.05) is 18.9 Å². The molecular formula is C12H17BrN2O3S. The molecule has 1 fully saturated rings. The number of benzene rings is 1. The molecule has 0 radical (unpaired) electrons. The van der Waals surface area contributed by atoms with Gasteiger partial charge >= 0.3 is 0 Å². The normalized spacial score (nSPS) is 16.6. The Labute approximate surface area is 121 Å². The predicted octanol–water partition coefficient (Wildman–Crippen LogP) is 1.57. The van der Waals surface area contributed by atoms with E-state index < -0.39 is 10.0 Å². The number of sulfonamides is 1. The Bertz CT molecular complexity index is 558. The van der Waals surface area contributed by atoms with Gasteiger partial charge in [-0.05, 0) is 47.0 Å². The molecule has 0 bridgehead atoms. The summed E-state index contributed by atoms with van der Waals surface area (Å²) >= 11 is 3.24. The molecule has 0 heterocycles. The lowest BCUT2D eigenvalue weighted by molar-refractivity contribution is 0.178. The fourth-order valence-electron chi connectivity index (χ4n) is 2.08. The maximum Gasteiger partial charge on any atom is 0.243 e. The smallest absolute Gasteiger partial charge is 0.243 e. The van der Waals surface area contributed by atoms with Crippen molar-refractivity contribution in [3.63, 3.8) is 0 Å². The van der Waals surface area contributed by atoms with Gasteiger partial charge in [0.25, 0.3) is 0 Å². The van der Waals surface area contributed by atoms with Crippen molar-refractivity contribution in [3.05, 3.63) is 22.7 Å². The first-order valence-corrected chi connectivity index (χ1v) is 8.38. The maximum atomic E-state index is 12.6. The molecule has 3 N–H and O–H groups in total. The van der Waals surface area contributed by atoms with Gasteiger partial charge in [0, 0.05) is 22.7 Å². The van der Waals surface area contributed by atoms with E-state index in [2.05, 4.69) is 15.9 Å². The van der Waals surface area contributed by atoms with E-state index in [9.17, 15) is 8.42 Å². The number of halogens is 1. The molecule has 19 heavy (non-hydrogen) atoms. The van der Waals surface area contributed by atoms with Crippen LogP contribution in [0.4, 0.5) is 5.69 Å². The minimum atomic E-state index is -3.57. The van der Waals surface area contributed by atoms with Crippen molar-refractivity contribution >= 4 is 31.6 Å². The fourth-order valence-corrected chi connectivity index (χ4v) is 4.31. The van der Waals surface area contributed by atoms with Crippen molar-refractivity contribution in [3.8, 4) is 0 Å². The number of aliphatic hydroxyl groups excluding tert-OH is 1. The first-order chi connectivity index (χ1) is 8.96. The molecule has 0 amide bonds. The molecule has 7 heteroatoms. The molecule has 2 rings (SSSR count). The molecule has 1 saturated carbocycles. The Morgan fingerprint density at radius 1 is 1.42 bits per heavy atom. The number of nitrogens with two attached hydrogens (primary N) is 1. The summed E-state index contributed by atoms with van der Waals surface area (Å²) in [7, 11) is -3.57. The lowest BCUT2D eigenvalue weighted by atomic mass is 9.93. The van der Waals surface area contributed by atoms with E-state index in [4.69, 9.17) is 10.8 Å². The Kier molecular flexibility index (Phi) is 4.50. The van der Waals surface area contributed by atoms with Crippen molar-refractivity contribution in [1.29, 1.82) is 0 Å². The highest BCUT2D eigenvalue weighted by molar-refractivity contribution is 9.10. The summed E-state index contributed by atoms with van der Waals surface area (Å²) in [5.41, 5.74) is 6.17. The standard InChI is InChI=1S/C12H17BrN2O3S/c13-11-8-10(4-5-12(11)14)19(17,18)15(6-7-16)9-2-1-3-9/h4-5,8-9,16H,1-3,6-7,14H2. The van der Waals surface area contributed by atoms with E-state index in [1.807, 2.05) is 0 Å². The second-order valence-electron chi connectivity index (χ2n) is 4.61. The number of nitrogen functional groups attached to an aromatic ring is 1. The molecule has 106 valence electrons. The Morgan fingerprint density at radius 3 is 2.58 bits per heavy atom. The number of hydrogen-bond acceptors (Lipinski definition) is 4. The van der Waals surface area contributed by atoms with Crippen LogP contribution in [0.15, 0.2) is 27.6 Å². The molecular weight excluding hydrogens is 332 g/mol. The van der Waals surface area contributed by atoms with Gasteiger partial charge in [-0.15, -0.1) is 0 Å². The van der Waals surface area contributed by atoms with E-state index >= 15 is 0 Å². The predicted molar refractivity (Wildman–Crippen MR) is 77.2 cm³/mol. The quantitative estimate of drug-likeness (QED) is 0.791. The zero-order chi connectivity index (χ0) is 14.0. The van der Waals surface area contributed by atoms with Gasteiger partial charge in [-0.2, -0.15) is 4.31 Å². The van der Waals surface area contributed by atoms with Gasteiger partial charge < -0.3 is 10.8 Å². The third kappa shape index (κ3) is 2.94. The number of aliphatic hydroxyl groups is 1. The van der Waals surface area contributed by atoms with Gasteiger partial charge in [0.1, 0.15) is 0 Å². The number of anilines is 1. The molecule has 0 spiro atoms. The van der Waals surface area contributed by atoms with E-state index in [1.165, 1.54) is 16.4 Å². The summed E-state index contributed by atoms with van der Waals surface area (Å²) in [6, 6.07) is 4.58. The molecule has 1 aliphatic carbocycles. The van der Waals surface area contributed by atoms with Gasteiger partial charge in [-0.3, -0.25) is 0 Å². The highest BCUT2D eigenvalue weighted by Gasteiger charge is 2.34. The lowest BCUT2D eigenvalue weighted by Gasteiger charge is -2.36. The summed E-state index contributed by atoms with van der Waals surface area (Å²) < 4.78 is 27.1. The molecule has 0 saturated heterocycles. The summed E-state index contributed by atoms with van der Waals surface area (Å²) in [4.78, 5) is 0.203. The van der Waals surface area contributed by atoms with Gasteiger partial charge in [-0.25, -0.2) is 8.42 Å². The molecule has 0 unspecified atom stereocenters. The lowest BCUT2D eigenvalue weighted by Crippen LogP contribution is -2.45. The third-order valence-corrected chi connectivity index (χ3v) is 6.02. The van der Waals surface area contributed by atoms with E-state index in [1.54, 1.807) is 6.07 Å². The van der Waals surface area contributed by atoms with Crippen molar-refractivity contribution in [2.45, 2.75) is 30.2 Å². The molecule has 0 aliphatic heterocycles. The van der Waals surface area contributed by atoms with Crippen LogP contribution in [0, 0.1) is 0 Å². The van der Waals surface area contributed by atoms with E-state index in [0.717, 1.165) is 19.3 Å². The van der Waals surface area contributed by atoms with Crippen LogP contribution < -0.4 is 5.73 Å². The minimum absolute atomic E-state index is 0.00785. The summed E-state index contributed by atoms with van der Waals surface area (Å²) in [5.74, 6) is 0. The van der Waals surface area contributed by atoms with Gasteiger partial charge in [0.15, 0.2) is 0 Å². The van der Waals surface area contributed by atoms with Crippen LogP contribution in [0.3, 0.4) is 0 Å². The summed E-state index contributed by atoms with van der Waals surface area (Å²) in [5, 5.41) is 9.08. The number of hydrogen-bond donors (Lipinski definition) is 2. The average Bonchev–Trinajstić information content (AvgIpc) is 2.29. The monoisotopic (exact) mass is 348 g/mol. The number of rotatable bonds is 5. The highest BCUT2D eigenvalue weighted by atomic mass is 79.9. The Morgan fingerprint density at radius 2 is 2.11 bits per heavy atom. The zero-order valence-corrected chi connectivity index (χ0v) is 12.8. The molecule has 1 aromatic rings. The van der Waals surface area contributed by atoms with Gasteiger partial charge in [0.2, 0.25) is 10.0 Å². The molecule has 0 atom stereocenters. The van der Waals surface area contributed by atoms with Crippen LogP contribution in [-0.2, 0) is 10.0 Å². The third-order valence-electron chi connectivity index (χ3n) is 3.38. The first-order valence-electron chi connectivity index (χ1n) is 6.14. The molecule has 0 aromatic heterocycles. The van der Waals surface area contributed by atoms with Crippen LogP contribution in [-0.4, -0.2) is 37.0 Å².